The first-order chi connectivity index (χ1) is 8.92. The number of nitrogens with zero attached hydrogens (tertiary/aromatic N) is 1. The van der Waals surface area contributed by atoms with Gasteiger partial charge in [0.05, 0.1) is 15.6 Å². The number of fused-ring (bicyclic) bond motifs is 1. The summed E-state index contributed by atoms with van der Waals surface area (Å²) in [5.41, 5.74) is 1.75. The van der Waals surface area contributed by atoms with Gasteiger partial charge in [-0.3, -0.25) is 4.79 Å². The van der Waals surface area contributed by atoms with Crippen LogP contribution in [0.15, 0.2) is 18.2 Å². The number of aryl methyl sites for hydroxylation is 1. The molecule has 1 aromatic carbocycles. The van der Waals surface area contributed by atoms with Crippen LogP contribution in [0, 0.1) is 12.3 Å². The maximum Gasteiger partial charge on any atom is 0.227 e. The van der Waals surface area contributed by atoms with Crippen LogP contribution in [-0.2, 0) is 4.79 Å². The molecule has 0 aliphatic heterocycles. The fourth-order valence-electron chi connectivity index (χ4n) is 1.83. The van der Waals surface area contributed by atoms with Crippen molar-refractivity contribution >= 4 is 32.6 Å². The molecule has 1 amide bonds. The summed E-state index contributed by atoms with van der Waals surface area (Å²) in [4.78, 5) is 16.2. The number of carbonyl (C=O) groups excluding carboxylic acids is 1. The van der Waals surface area contributed by atoms with Crippen LogP contribution < -0.4 is 10.6 Å². The first-order valence-corrected chi connectivity index (χ1v) is 7.07. The minimum absolute atomic E-state index is 0.0250. The molecule has 2 rings (SSSR count). The number of carbonyl (C=O) groups is 1. The van der Waals surface area contributed by atoms with Gasteiger partial charge in [0.15, 0.2) is 5.13 Å². The monoisotopic (exact) mass is 277 g/mol. The highest BCUT2D eigenvalue weighted by molar-refractivity contribution is 7.22. The summed E-state index contributed by atoms with van der Waals surface area (Å²) in [6.45, 7) is 6.44. The first-order valence-electron chi connectivity index (χ1n) is 6.25. The summed E-state index contributed by atoms with van der Waals surface area (Å²) in [6.07, 6.45) is 0. The molecule has 2 aromatic rings. The normalized spacial score (nSPS) is 11.6. The number of thiazole rings is 1. The van der Waals surface area contributed by atoms with Gasteiger partial charge in [0.1, 0.15) is 0 Å². The quantitative estimate of drug-likeness (QED) is 0.903. The molecule has 0 saturated heterocycles. The van der Waals surface area contributed by atoms with E-state index in [0.29, 0.717) is 6.54 Å². The van der Waals surface area contributed by atoms with Crippen molar-refractivity contribution in [3.63, 3.8) is 0 Å². The molecule has 0 aliphatic carbocycles. The lowest BCUT2D eigenvalue weighted by Gasteiger charge is -2.22. The Balaban J connectivity index is 2.12. The fraction of sp³-hybridized carbons (Fsp3) is 0.429. The lowest BCUT2D eigenvalue weighted by molar-refractivity contribution is -0.128. The van der Waals surface area contributed by atoms with Crippen LogP contribution in [0.1, 0.15) is 19.4 Å². The number of nitrogens with one attached hydrogen (secondary N) is 2. The van der Waals surface area contributed by atoms with E-state index in [-0.39, 0.29) is 5.91 Å². The van der Waals surface area contributed by atoms with Gasteiger partial charge in [-0.25, -0.2) is 4.98 Å². The summed E-state index contributed by atoms with van der Waals surface area (Å²) >= 11 is 1.61. The van der Waals surface area contributed by atoms with Crippen molar-refractivity contribution in [1.82, 2.24) is 10.3 Å². The molecule has 0 aliphatic rings. The van der Waals surface area contributed by atoms with Crippen molar-refractivity contribution in [2.45, 2.75) is 20.8 Å². The Bertz CT molecular complexity index is 604. The van der Waals surface area contributed by atoms with Gasteiger partial charge in [0, 0.05) is 13.6 Å². The maximum atomic E-state index is 11.7. The van der Waals surface area contributed by atoms with Crippen LogP contribution in [0.2, 0.25) is 0 Å². The topological polar surface area (TPSA) is 54.0 Å². The fourth-order valence-corrected chi connectivity index (χ4v) is 2.67. The van der Waals surface area contributed by atoms with Gasteiger partial charge in [-0.2, -0.15) is 0 Å². The zero-order valence-electron chi connectivity index (χ0n) is 11.7. The molecule has 0 atom stereocenters. The molecule has 0 fully saturated rings. The highest BCUT2D eigenvalue weighted by Gasteiger charge is 2.26. The molecule has 102 valence electrons. The predicted octanol–water partition coefficient (Wildman–Crippen LogP) is 2.79. The SMILES string of the molecule is CNC(=O)C(C)(C)CNc1nc2cc(C)ccc2s1. The van der Waals surface area contributed by atoms with Crippen molar-refractivity contribution in [1.29, 1.82) is 0 Å². The Hall–Kier alpha value is -1.62. The number of aromatic nitrogens is 1. The minimum Gasteiger partial charge on any atom is -0.360 e. The maximum absolute atomic E-state index is 11.7. The number of anilines is 1. The third-order valence-electron chi connectivity index (χ3n) is 3.07. The van der Waals surface area contributed by atoms with Gasteiger partial charge in [-0.1, -0.05) is 17.4 Å². The minimum atomic E-state index is -0.456. The van der Waals surface area contributed by atoms with Gasteiger partial charge in [-0.15, -0.1) is 0 Å². The molecule has 0 unspecified atom stereocenters. The van der Waals surface area contributed by atoms with E-state index in [1.54, 1.807) is 18.4 Å². The van der Waals surface area contributed by atoms with Crippen LogP contribution in [-0.4, -0.2) is 24.5 Å². The van der Waals surface area contributed by atoms with Crippen molar-refractivity contribution in [3.05, 3.63) is 23.8 Å². The van der Waals surface area contributed by atoms with E-state index in [0.717, 1.165) is 15.3 Å². The third kappa shape index (κ3) is 3.04. The summed E-state index contributed by atoms with van der Waals surface area (Å²) in [5, 5.41) is 6.79. The number of amides is 1. The third-order valence-corrected chi connectivity index (χ3v) is 4.06. The number of rotatable bonds is 4. The van der Waals surface area contributed by atoms with Crippen molar-refractivity contribution in [2.75, 3.05) is 18.9 Å². The van der Waals surface area contributed by atoms with E-state index in [2.05, 4.69) is 40.7 Å². The number of benzene rings is 1. The van der Waals surface area contributed by atoms with E-state index in [1.807, 2.05) is 13.8 Å². The molecule has 1 aromatic heterocycles. The number of hydrogen-bond donors (Lipinski definition) is 2. The Morgan fingerprint density at radius 1 is 1.42 bits per heavy atom. The molecule has 1 heterocycles. The second kappa shape index (κ2) is 5.17. The lowest BCUT2D eigenvalue weighted by atomic mass is 9.92. The Morgan fingerprint density at radius 2 is 2.16 bits per heavy atom. The molecule has 0 spiro atoms. The lowest BCUT2D eigenvalue weighted by Crippen LogP contribution is -2.39. The predicted molar refractivity (Wildman–Crippen MR) is 80.7 cm³/mol. The molecule has 4 nitrogen and oxygen atoms in total. The summed E-state index contributed by atoms with van der Waals surface area (Å²) in [6, 6.07) is 6.23. The molecular formula is C14H19N3OS. The van der Waals surface area contributed by atoms with Gasteiger partial charge in [0.2, 0.25) is 5.91 Å². The van der Waals surface area contributed by atoms with E-state index < -0.39 is 5.41 Å². The van der Waals surface area contributed by atoms with Crippen molar-refractivity contribution in [3.8, 4) is 0 Å². The van der Waals surface area contributed by atoms with Gasteiger partial charge >= 0.3 is 0 Å². The highest BCUT2D eigenvalue weighted by Crippen LogP contribution is 2.27. The van der Waals surface area contributed by atoms with Crippen LogP contribution in [0.3, 0.4) is 0 Å². The molecule has 0 bridgehead atoms. The van der Waals surface area contributed by atoms with Gasteiger partial charge in [-0.05, 0) is 38.5 Å². The molecule has 2 N–H and O–H groups in total. The summed E-state index contributed by atoms with van der Waals surface area (Å²) in [5.74, 6) is 0.0250. The van der Waals surface area contributed by atoms with Crippen LogP contribution in [0.25, 0.3) is 10.2 Å². The van der Waals surface area contributed by atoms with E-state index >= 15 is 0 Å². The average molecular weight is 277 g/mol. The van der Waals surface area contributed by atoms with Crippen LogP contribution in [0.5, 0.6) is 0 Å². The Kier molecular flexibility index (Phi) is 3.75. The van der Waals surface area contributed by atoms with Gasteiger partial charge in [0.25, 0.3) is 0 Å². The largest absolute Gasteiger partial charge is 0.360 e. The average Bonchev–Trinajstić information content (AvgIpc) is 2.77. The smallest absolute Gasteiger partial charge is 0.227 e. The highest BCUT2D eigenvalue weighted by atomic mass is 32.1. The molecule has 19 heavy (non-hydrogen) atoms. The van der Waals surface area contributed by atoms with Crippen molar-refractivity contribution < 1.29 is 4.79 Å². The van der Waals surface area contributed by atoms with E-state index in [9.17, 15) is 4.79 Å². The van der Waals surface area contributed by atoms with Crippen LogP contribution >= 0.6 is 11.3 Å². The second-order valence-corrected chi connectivity index (χ2v) is 6.34. The zero-order chi connectivity index (χ0) is 14.0. The van der Waals surface area contributed by atoms with E-state index in [1.165, 1.54) is 5.56 Å². The van der Waals surface area contributed by atoms with Crippen LogP contribution in [0.4, 0.5) is 5.13 Å². The molecule has 0 radical (unpaired) electrons. The molecular weight excluding hydrogens is 258 g/mol. The summed E-state index contributed by atoms with van der Waals surface area (Å²) < 4.78 is 1.16. The summed E-state index contributed by atoms with van der Waals surface area (Å²) in [7, 11) is 1.66. The second-order valence-electron chi connectivity index (χ2n) is 5.31. The Labute approximate surface area is 117 Å². The zero-order valence-corrected chi connectivity index (χ0v) is 12.5. The molecule has 5 heteroatoms. The first kappa shape index (κ1) is 13.8. The Morgan fingerprint density at radius 3 is 2.84 bits per heavy atom. The van der Waals surface area contributed by atoms with Gasteiger partial charge < -0.3 is 10.6 Å². The van der Waals surface area contributed by atoms with E-state index in [4.69, 9.17) is 0 Å². The standard InChI is InChI=1S/C14H19N3OS/c1-9-5-6-11-10(7-9)17-13(19-11)16-8-14(2,3)12(18)15-4/h5-7H,8H2,1-4H3,(H,15,18)(H,16,17). The molecule has 0 saturated carbocycles. The van der Waals surface area contributed by atoms with Crippen molar-refractivity contribution in [2.24, 2.45) is 5.41 Å². The number of hydrogen-bond acceptors (Lipinski definition) is 4.